The first-order valence-electron chi connectivity index (χ1n) is 5.83. The minimum atomic E-state index is -0.0288. The molecule has 0 radical (unpaired) electrons. The van der Waals surface area contributed by atoms with Crippen molar-refractivity contribution in [3.05, 3.63) is 47.5 Å². The summed E-state index contributed by atoms with van der Waals surface area (Å²) in [7, 11) is 0. The van der Waals surface area contributed by atoms with E-state index in [1.54, 1.807) is 12.3 Å². The van der Waals surface area contributed by atoms with Crippen LogP contribution in [0.1, 0.15) is 5.69 Å². The zero-order valence-corrected chi connectivity index (χ0v) is 10.8. The first-order valence-corrected chi connectivity index (χ1v) is 6.21. The van der Waals surface area contributed by atoms with Gasteiger partial charge in [-0.05, 0) is 29.8 Å². The highest BCUT2D eigenvalue weighted by Gasteiger charge is 2.21. The number of amides is 1. The van der Waals surface area contributed by atoms with Gasteiger partial charge in [0.1, 0.15) is 0 Å². The van der Waals surface area contributed by atoms with Crippen molar-refractivity contribution in [2.45, 2.75) is 6.54 Å². The molecule has 0 aliphatic carbocycles. The Balaban J connectivity index is 1.91. The van der Waals surface area contributed by atoms with E-state index in [-0.39, 0.29) is 11.2 Å². The number of nitrogens with zero attached hydrogens (tertiary/aromatic N) is 3. The second-order valence-electron chi connectivity index (χ2n) is 4.24. The Kier molecular flexibility index (Phi) is 3.05. The molecule has 0 unspecified atom stereocenters. The third-order valence-electron chi connectivity index (χ3n) is 2.89. The van der Waals surface area contributed by atoms with Crippen LogP contribution in [0.25, 0.3) is 0 Å². The lowest BCUT2D eigenvalue weighted by Gasteiger charge is -2.30. The fourth-order valence-electron chi connectivity index (χ4n) is 2.10. The number of carbonyl (C=O) groups is 1. The fourth-order valence-corrected chi connectivity index (χ4v) is 2.26. The number of rotatable bonds is 2. The maximum atomic E-state index is 11.7. The van der Waals surface area contributed by atoms with Gasteiger partial charge in [-0.25, -0.2) is 9.97 Å². The van der Waals surface area contributed by atoms with Crippen molar-refractivity contribution in [3.63, 3.8) is 0 Å². The summed E-state index contributed by atoms with van der Waals surface area (Å²) < 4.78 is 0. The minimum absolute atomic E-state index is 0.0288. The summed E-state index contributed by atoms with van der Waals surface area (Å²) in [6, 6.07) is 9.48. The summed E-state index contributed by atoms with van der Waals surface area (Å²) in [4.78, 5) is 21.6. The lowest BCUT2D eigenvalue weighted by molar-refractivity contribution is -0.115. The maximum Gasteiger partial charge on any atom is 0.243 e. The molecule has 0 bridgehead atoms. The number of hydrogen-bond donors (Lipinski definition) is 1. The van der Waals surface area contributed by atoms with Gasteiger partial charge in [0.2, 0.25) is 11.2 Å². The van der Waals surface area contributed by atoms with Gasteiger partial charge >= 0.3 is 0 Å². The monoisotopic (exact) mass is 274 g/mol. The maximum absolute atomic E-state index is 11.7. The molecular formula is C13H11ClN4O. The van der Waals surface area contributed by atoms with Gasteiger partial charge in [-0.3, -0.25) is 4.79 Å². The van der Waals surface area contributed by atoms with E-state index in [9.17, 15) is 4.79 Å². The van der Waals surface area contributed by atoms with Crippen LogP contribution < -0.4 is 10.2 Å². The minimum Gasteiger partial charge on any atom is -0.355 e. The largest absolute Gasteiger partial charge is 0.355 e. The highest BCUT2D eigenvalue weighted by molar-refractivity contribution is 6.28. The number of hydrogen-bond acceptors (Lipinski definition) is 4. The molecule has 19 heavy (non-hydrogen) atoms. The second-order valence-corrected chi connectivity index (χ2v) is 4.58. The Bertz CT molecular complexity index is 632. The molecule has 0 saturated heterocycles. The Labute approximate surface area is 115 Å². The van der Waals surface area contributed by atoms with Crippen molar-refractivity contribution in [2.75, 3.05) is 16.8 Å². The molecule has 1 aliphatic heterocycles. The summed E-state index contributed by atoms with van der Waals surface area (Å²) in [5, 5.41) is 3.06. The number of para-hydroxylation sites is 2. The van der Waals surface area contributed by atoms with Crippen molar-refractivity contribution >= 4 is 28.9 Å². The predicted octanol–water partition coefficient (Wildman–Crippen LogP) is 2.09. The van der Waals surface area contributed by atoms with Crippen LogP contribution in [0.3, 0.4) is 0 Å². The number of anilines is 2. The van der Waals surface area contributed by atoms with Gasteiger partial charge in [0.25, 0.3) is 0 Å². The van der Waals surface area contributed by atoms with Crippen molar-refractivity contribution < 1.29 is 4.79 Å². The summed E-state index contributed by atoms with van der Waals surface area (Å²) in [6.45, 7) is 0.825. The number of carbonyl (C=O) groups excluding carboxylic acids is 1. The summed E-state index contributed by atoms with van der Waals surface area (Å²) in [5.41, 5.74) is 2.58. The van der Waals surface area contributed by atoms with Gasteiger partial charge in [0.05, 0.1) is 30.2 Å². The molecule has 0 spiro atoms. The van der Waals surface area contributed by atoms with Crippen LogP contribution in [0.2, 0.25) is 5.28 Å². The third kappa shape index (κ3) is 2.51. The second kappa shape index (κ2) is 4.85. The van der Waals surface area contributed by atoms with Crippen LogP contribution >= 0.6 is 11.6 Å². The van der Waals surface area contributed by atoms with E-state index in [2.05, 4.69) is 15.3 Å². The smallest absolute Gasteiger partial charge is 0.243 e. The Morgan fingerprint density at radius 1 is 1.32 bits per heavy atom. The lowest BCUT2D eigenvalue weighted by Crippen LogP contribution is -2.37. The average molecular weight is 275 g/mol. The highest BCUT2D eigenvalue weighted by Crippen LogP contribution is 2.29. The molecule has 5 nitrogen and oxygen atoms in total. The first-order chi connectivity index (χ1) is 9.22. The molecular weight excluding hydrogens is 264 g/mol. The average Bonchev–Trinajstić information content (AvgIpc) is 2.38. The lowest BCUT2D eigenvalue weighted by atomic mass is 10.2. The normalized spacial score (nSPS) is 13.9. The summed E-state index contributed by atoms with van der Waals surface area (Å²) >= 11 is 5.77. The first kappa shape index (κ1) is 11.9. The molecule has 1 N–H and O–H groups in total. The van der Waals surface area contributed by atoms with Gasteiger partial charge in [-0.2, -0.15) is 0 Å². The SMILES string of the molecule is O=C1CN(Cc2ccnc(Cl)n2)c2ccccc2N1. The third-order valence-corrected chi connectivity index (χ3v) is 3.07. The van der Waals surface area contributed by atoms with Crippen molar-refractivity contribution in [1.82, 2.24) is 9.97 Å². The molecule has 0 saturated carbocycles. The van der Waals surface area contributed by atoms with Crippen LogP contribution in [-0.2, 0) is 11.3 Å². The van der Waals surface area contributed by atoms with E-state index >= 15 is 0 Å². The molecule has 1 amide bonds. The van der Waals surface area contributed by atoms with Crippen LogP contribution in [0.4, 0.5) is 11.4 Å². The Morgan fingerprint density at radius 2 is 2.16 bits per heavy atom. The van der Waals surface area contributed by atoms with Crippen LogP contribution in [-0.4, -0.2) is 22.4 Å². The molecule has 0 atom stereocenters. The van der Waals surface area contributed by atoms with Gasteiger partial charge in [0.15, 0.2) is 0 Å². The summed E-state index contributed by atoms with van der Waals surface area (Å²) in [6.07, 6.45) is 1.61. The molecule has 2 heterocycles. The van der Waals surface area contributed by atoms with Crippen LogP contribution in [0.15, 0.2) is 36.5 Å². The quantitative estimate of drug-likeness (QED) is 0.852. The van der Waals surface area contributed by atoms with Gasteiger partial charge < -0.3 is 10.2 Å². The molecule has 3 rings (SSSR count). The zero-order chi connectivity index (χ0) is 13.2. The van der Waals surface area contributed by atoms with Crippen LogP contribution in [0.5, 0.6) is 0 Å². The van der Waals surface area contributed by atoms with E-state index in [0.717, 1.165) is 17.1 Å². The van der Waals surface area contributed by atoms with Gasteiger partial charge in [0, 0.05) is 6.20 Å². The molecule has 96 valence electrons. The van der Waals surface area contributed by atoms with Crippen molar-refractivity contribution in [2.24, 2.45) is 0 Å². The van der Waals surface area contributed by atoms with E-state index < -0.39 is 0 Å². The molecule has 6 heteroatoms. The number of aromatic nitrogens is 2. The zero-order valence-electron chi connectivity index (χ0n) is 10.0. The van der Waals surface area contributed by atoms with E-state index in [1.165, 1.54) is 0 Å². The van der Waals surface area contributed by atoms with Gasteiger partial charge in [-0.1, -0.05) is 12.1 Å². The number of halogens is 1. The molecule has 2 aromatic rings. The molecule has 1 aliphatic rings. The molecule has 0 fully saturated rings. The van der Waals surface area contributed by atoms with Crippen molar-refractivity contribution in [1.29, 1.82) is 0 Å². The predicted molar refractivity (Wildman–Crippen MR) is 73.2 cm³/mol. The van der Waals surface area contributed by atoms with E-state index in [0.29, 0.717) is 13.1 Å². The number of benzene rings is 1. The number of nitrogens with one attached hydrogen (secondary N) is 1. The Hall–Kier alpha value is -2.14. The standard InChI is InChI=1S/C13H11ClN4O/c14-13-15-6-5-9(16-13)7-18-8-12(19)17-10-3-1-2-4-11(10)18/h1-6H,7-8H2,(H,17,19). The van der Waals surface area contributed by atoms with E-state index in [1.807, 2.05) is 29.2 Å². The fraction of sp³-hybridized carbons (Fsp3) is 0.154. The highest BCUT2D eigenvalue weighted by atomic mass is 35.5. The van der Waals surface area contributed by atoms with Gasteiger partial charge in [-0.15, -0.1) is 0 Å². The summed E-state index contributed by atoms with van der Waals surface area (Å²) in [5.74, 6) is -0.0288. The Morgan fingerprint density at radius 3 is 3.00 bits per heavy atom. The van der Waals surface area contributed by atoms with Crippen LogP contribution in [0, 0.1) is 0 Å². The van der Waals surface area contributed by atoms with Crippen molar-refractivity contribution in [3.8, 4) is 0 Å². The topological polar surface area (TPSA) is 58.1 Å². The van der Waals surface area contributed by atoms with E-state index in [4.69, 9.17) is 11.6 Å². The molecule has 1 aromatic heterocycles. The molecule has 1 aromatic carbocycles. The number of fused-ring (bicyclic) bond motifs is 1.